The Hall–Kier alpha value is -3.15. The third-order valence-corrected chi connectivity index (χ3v) is 4.55. The summed E-state index contributed by atoms with van der Waals surface area (Å²) in [4.78, 5) is 13.0. The fourth-order valence-corrected chi connectivity index (χ4v) is 3.25. The van der Waals surface area contributed by atoms with E-state index in [4.69, 9.17) is 4.74 Å². The Morgan fingerprint density at radius 3 is 2.65 bits per heavy atom. The molecule has 3 rings (SSSR count). The first kappa shape index (κ1) is 17.7. The number of nitrogens with zero attached hydrogens (tertiary/aromatic N) is 2. The Balaban J connectivity index is 1.81. The van der Waals surface area contributed by atoms with Gasteiger partial charge in [-0.1, -0.05) is 24.3 Å². The van der Waals surface area contributed by atoms with Crippen LogP contribution in [0.3, 0.4) is 0 Å². The summed E-state index contributed by atoms with van der Waals surface area (Å²) >= 11 is 0. The molecule has 0 bridgehead atoms. The zero-order chi connectivity index (χ0) is 18.7. The number of benzene rings is 2. The number of aromatic hydroxyl groups is 1. The zero-order valence-corrected chi connectivity index (χ0v) is 14.8. The SMILES string of the molecule is COc1ccccc1CN(CCc1cn(C)c2cccc(O)c12)C(=O)O. The van der Waals surface area contributed by atoms with E-state index in [-0.39, 0.29) is 12.3 Å². The lowest BCUT2D eigenvalue weighted by Crippen LogP contribution is -2.31. The number of para-hydroxylation sites is 1. The van der Waals surface area contributed by atoms with E-state index in [2.05, 4.69) is 0 Å². The van der Waals surface area contributed by atoms with Crippen molar-refractivity contribution < 1.29 is 19.7 Å². The van der Waals surface area contributed by atoms with Gasteiger partial charge in [-0.25, -0.2) is 4.79 Å². The fraction of sp³-hybridized carbons (Fsp3) is 0.250. The van der Waals surface area contributed by atoms with Gasteiger partial charge in [0, 0.05) is 30.7 Å². The molecule has 0 radical (unpaired) electrons. The minimum absolute atomic E-state index is 0.213. The van der Waals surface area contributed by atoms with Gasteiger partial charge in [0.25, 0.3) is 0 Å². The van der Waals surface area contributed by atoms with Crippen molar-refractivity contribution >= 4 is 17.0 Å². The number of carboxylic acid groups (broad SMARTS) is 1. The van der Waals surface area contributed by atoms with Crippen LogP contribution in [-0.2, 0) is 20.0 Å². The highest BCUT2D eigenvalue weighted by Gasteiger charge is 2.17. The van der Waals surface area contributed by atoms with E-state index in [0.717, 1.165) is 22.0 Å². The fourth-order valence-electron chi connectivity index (χ4n) is 3.25. The molecule has 0 aliphatic carbocycles. The molecule has 0 saturated heterocycles. The van der Waals surface area contributed by atoms with Gasteiger partial charge in [-0.2, -0.15) is 0 Å². The van der Waals surface area contributed by atoms with E-state index in [9.17, 15) is 15.0 Å². The summed E-state index contributed by atoms with van der Waals surface area (Å²) < 4.78 is 7.25. The molecular formula is C20H22N2O4. The number of phenols is 1. The lowest BCUT2D eigenvalue weighted by atomic mass is 10.1. The number of rotatable bonds is 6. The second-order valence-electron chi connectivity index (χ2n) is 6.20. The highest BCUT2D eigenvalue weighted by atomic mass is 16.5. The first-order valence-electron chi connectivity index (χ1n) is 8.37. The summed E-state index contributed by atoms with van der Waals surface area (Å²) in [5.74, 6) is 0.881. The van der Waals surface area contributed by atoms with Gasteiger partial charge in [0.05, 0.1) is 19.2 Å². The number of fused-ring (bicyclic) bond motifs is 1. The van der Waals surface area contributed by atoms with Crippen LogP contribution in [0.2, 0.25) is 0 Å². The monoisotopic (exact) mass is 354 g/mol. The van der Waals surface area contributed by atoms with Crippen LogP contribution in [0.5, 0.6) is 11.5 Å². The van der Waals surface area contributed by atoms with Gasteiger partial charge in [-0.3, -0.25) is 0 Å². The number of phenolic OH excluding ortho intramolecular Hbond substituents is 1. The van der Waals surface area contributed by atoms with Crippen molar-refractivity contribution in [2.45, 2.75) is 13.0 Å². The Labute approximate surface area is 151 Å². The molecule has 26 heavy (non-hydrogen) atoms. The molecule has 136 valence electrons. The second-order valence-corrected chi connectivity index (χ2v) is 6.20. The van der Waals surface area contributed by atoms with E-state index in [1.54, 1.807) is 19.2 Å². The van der Waals surface area contributed by atoms with Crippen LogP contribution in [0.25, 0.3) is 10.9 Å². The highest BCUT2D eigenvalue weighted by Crippen LogP contribution is 2.29. The Morgan fingerprint density at radius 1 is 1.15 bits per heavy atom. The van der Waals surface area contributed by atoms with Crippen LogP contribution < -0.4 is 4.74 Å². The number of aromatic nitrogens is 1. The van der Waals surface area contributed by atoms with E-state index in [1.807, 2.05) is 48.1 Å². The number of aryl methyl sites for hydroxylation is 1. The molecular weight excluding hydrogens is 332 g/mol. The molecule has 1 heterocycles. The molecule has 6 nitrogen and oxygen atoms in total. The maximum absolute atomic E-state index is 11.7. The molecule has 0 atom stereocenters. The molecule has 2 N–H and O–H groups in total. The number of ether oxygens (including phenoxy) is 1. The zero-order valence-electron chi connectivity index (χ0n) is 14.8. The quantitative estimate of drug-likeness (QED) is 0.709. The molecule has 1 amide bonds. The normalized spacial score (nSPS) is 10.8. The summed E-state index contributed by atoms with van der Waals surface area (Å²) in [6.07, 6.45) is 1.46. The van der Waals surface area contributed by atoms with Crippen molar-refractivity contribution in [1.82, 2.24) is 9.47 Å². The standard InChI is InChI=1S/C20H22N2O4/c1-21-12-15(19-16(21)7-5-8-17(19)23)10-11-22(20(24)25)13-14-6-3-4-9-18(14)26-2/h3-9,12,23H,10-11,13H2,1-2H3,(H,24,25). The summed E-state index contributed by atoms with van der Waals surface area (Å²) in [7, 11) is 3.48. The van der Waals surface area contributed by atoms with Crippen molar-refractivity contribution in [2.75, 3.05) is 13.7 Å². The Bertz CT molecular complexity index is 933. The molecule has 0 spiro atoms. The number of hydrogen-bond acceptors (Lipinski definition) is 3. The molecule has 0 unspecified atom stereocenters. The van der Waals surface area contributed by atoms with E-state index in [0.29, 0.717) is 18.7 Å². The molecule has 2 aromatic carbocycles. The lowest BCUT2D eigenvalue weighted by Gasteiger charge is -2.20. The highest BCUT2D eigenvalue weighted by molar-refractivity contribution is 5.89. The lowest BCUT2D eigenvalue weighted by molar-refractivity contribution is 0.142. The van der Waals surface area contributed by atoms with Crippen LogP contribution >= 0.6 is 0 Å². The number of amides is 1. The van der Waals surface area contributed by atoms with Crippen LogP contribution in [0, 0.1) is 0 Å². The topological polar surface area (TPSA) is 74.9 Å². The van der Waals surface area contributed by atoms with Gasteiger partial charge in [-0.15, -0.1) is 0 Å². The van der Waals surface area contributed by atoms with Gasteiger partial charge in [0.2, 0.25) is 0 Å². The maximum Gasteiger partial charge on any atom is 0.407 e. The van der Waals surface area contributed by atoms with Crippen molar-refractivity contribution in [1.29, 1.82) is 0 Å². The smallest absolute Gasteiger partial charge is 0.407 e. The average molecular weight is 354 g/mol. The maximum atomic E-state index is 11.7. The van der Waals surface area contributed by atoms with Crippen LogP contribution in [0.15, 0.2) is 48.7 Å². The van der Waals surface area contributed by atoms with Crippen molar-refractivity contribution in [2.24, 2.45) is 7.05 Å². The Kier molecular flexibility index (Phi) is 5.02. The molecule has 0 saturated carbocycles. The second kappa shape index (κ2) is 7.39. The van der Waals surface area contributed by atoms with Gasteiger partial charge < -0.3 is 24.4 Å². The molecule has 3 aromatic rings. The molecule has 6 heteroatoms. The summed E-state index contributed by atoms with van der Waals surface area (Å²) in [6.45, 7) is 0.566. The van der Waals surface area contributed by atoms with Gasteiger partial charge >= 0.3 is 6.09 Å². The average Bonchev–Trinajstić information content (AvgIpc) is 2.96. The van der Waals surface area contributed by atoms with Crippen LogP contribution in [0.1, 0.15) is 11.1 Å². The first-order valence-corrected chi connectivity index (χ1v) is 8.37. The molecule has 0 fully saturated rings. The number of hydrogen-bond donors (Lipinski definition) is 2. The largest absolute Gasteiger partial charge is 0.507 e. The third kappa shape index (κ3) is 3.44. The van der Waals surface area contributed by atoms with Crippen LogP contribution in [-0.4, -0.2) is 39.4 Å². The predicted octanol–water partition coefficient (Wildman–Crippen LogP) is 3.62. The predicted molar refractivity (Wildman–Crippen MR) is 99.7 cm³/mol. The van der Waals surface area contributed by atoms with E-state index >= 15 is 0 Å². The summed E-state index contributed by atoms with van der Waals surface area (Å²) in [5, 5.41) is 20.5. The van der Waals surface area contributed by atoms with Gasteiger partial charge in [0.15, 0.2) is 0 Å². The van der Waals surface area contributed by atoms with Gasteiger partial charge in [0.1, 0.15) is 11.5 Å². The van der Waals surface area contributed by atoms with Crippen molar-refractivity contribution in [3.8, 4) is 11.5 Å². The Morgan fingerprint density at radius 2 is 1.92 bits per heavy atom. The summed E-state index contributed by atoms with van der Waals surface area (Å²) in [5.41, 5.74) is 2.66. The first-order chi connectivity index (χ1) is 12.5. The molecule has 1 aromatic heterocycles. The number of methoxy groups -OCH3 is 1. The summed E-state index contributed by atoms with van der Waals surface area (Å²) in [6, 6.07) is 12.8. The molecule has 0 aliphatic heterocycles. The number of carbonyl (C=O) groups is 1. The minimum Gasteiger partial charge on any atom is -0.507 e. The van der Waals surface area contributed by atoms with E-state index in [1.165, 1.54) is 4.90 Å². The third-order valence-electron chi connectivity index (χ3n) is 4.55. The molecule has 0 aliphatic rings. The van der Waals surface area contributed by atoms with Crippen LogP contribution in [0.4, 0.5) is 4.79 Å². The van der Waals surface area contributed by atoms with Crippen molar-refractivity contribution in [3.05, 3.63) is 59.8 Å². The minimum atomic E-state index is -0.986. The van der Waals surface area contributed by atoms with Gasteiger partial charge in [-0.05, 0) is 30.2 Å². The van der Waals surface area contributed by atoms with E-state index < -0.39 is 6.09 Å². The van der Waals surface area contributed by atoms with Crippen molar-refractivity contribution in [3.63, 3.8) is 0 Å².